The van der Waals surface area contributed by atoms with E-state index in [1.165, 1.54) is 18.2 Å². The molecule has 84 valence electrons. The molecule has 0 radical (unpaired) electrons. The molecule has 0 saturated heterocycles. The minimum Gasteiger partial charge on any atom is -0.490 e. The molecule has 0 aliphatic heterocycles. The number of hydrogen-bond donors (Lipinski definition) is 2. The first kappa shape index (κ1) is 11.9. The molecule has 15 heavy (non-hydrogen) atoms. The normalized spacial score (nSPS) is 14.7. The average molecular weight is 213 g/mol. The fourth-order valence-corrected chi connectivity index (χ4v) is 1.07. The number of aryl methyl sites for hydroxylation is 1. The van der Waals surface area contributed by atoms with E-state index in [4.69, 9.17) is 10.5 Å². The first-order chi connectivity index (χ1) is 6.94. The van der Waals surface area contributed by atoms with Gasteiger partial charge in [0.15, 0.2) is 0 Å². The lowest BCUT2D eigenvalue weighted by Crippen LogP contribution is -2.40. The molecular formula is C11H16FNO2. The molecule has 1 aromatic carbocycles. The Morgan fingerprint density at radius 1 is 1.53 bits per heavy atom. The molecular weight excluding hydrogens is 197 g/mol. The molecule has 0 spiro atoms. The average Bonchev–Trinajstić information content (AvgIpc) is 2.16. The van der Waals surface area contributed by atoms with Crippen molar-refractivity contribution in [3.63, 3.8) is 0 Å². The molecule has 1 unspecified atom stereocenters. The highest BCUT2D eigenvalue weighted by molar-refractivity contribution is 5.32. The summed E-state index contributed by atoms with van der Waals surface area (Å²) < 4.78 is 18.1. The van der Waals surface area contributed by atoms with Crippen molar-refractivity contribution in [2.45, 2.75) is 19.4 Å². The number of halogens is 1. The number of nitrogens with two attached hydrogens (primary N) is 1. The van der Waals surface area contributed by atoms with E-state index in [1.54, 1.807) is 13.8 Å². The monoisotopic (exact) mass is 213 g/mol. The molecule has 0 fully saturated rings. The lowest BCUT2D eigenvalue weighted by molar-refractivity contribution is 0.0193. The Hall–Kier alpha value is -1.13. The Morgan fingerprint density at radius 2 is 2.20 bits per heavy atom. The molecule has 0 heterocycles. The van der Waals surface area contributed by atoms with E-state index in [9.17, 15) is 9.50 Å². The molecule has 0 amide bonds. The Balaban J connectivity index is 2.66. The van der Waals surface area contributed by atoms with Gasteiger partial charge in [-0.2, -0.15) is 0 Å². The van der Waals surface area contributed by atoms with Gasteiger partial charge in [-0.05, 0) is 37.6 Å². The van der Waals surface area contributed by atoms with E-state index in [0.29, 0.717) is 11.3 Å². The number of aliphatic hydroxyl groups is 1. The second kappa shape index (κ2) is 4.59. The van der Waals surface area contributed by atoms with Crippen LogP contribution in [0.2, 0.25) is 0 Å². The van der Waals surface area contributed by atoms with Crippen molar-refractivity contribution in [2.75, 3.05) is 13.2 Å². The van der Waals surface area contributed by atoms with Crippen LogP contribution in [0.5, 0.6) is 5.75 Å². The minimum absolute atomic E-state index is 0.0932. The molecule has 4 heteroatoms. The first-order valence-electron chi connectivity index (χ1n) is 4.76. The summed E-state index contributed by atoms with van der Waals surface area (Å²) >= 11 is 0. The van der Waals surface area contributed by atoms with Gasteiger partial charge in [-0.1, -0.05) is 0 Å². The lowest BCUT2D eigenvalue weighted by atomic mass is 10.1. The predicted octanol–water partition coefficient (Wildman–Crippen LogP) is 1.22. The minimum atomic E-state index is -1.05. The van der Waals surface area contributed by atoms with Gasteiger partial charge >= 0.3 is 0 Å². The topological polar surface area (TPSA) is 55.5 Å². The number of rotatable bonds is 4. The highest BCUT2D eigenvalue weighted by Gasteiger charge is 2.19. The Labute approximate surface area is 88.7 Å². The Morgan fingerprint density at radius 3 is 2.73 bits per heavy atom. The van der Waals surface area contributed by atoms with Crippen LogP contribution in [-0.4, -0.2) is 23.9 Å². The summed E-state index contributed by atoms with van der Waals surface area (Å²) in [4.78, 5) is 0. The molecule has 0 saturated carbocycles. The van der Waals surface area contributed by atoms with E-state index in [2.05, 4.69) is 0 Å². The van der Waals surface area contributed by atoms with Gasteiger partial charge in [-0.15, -0.1) is 0 Å². The highest BCUT2D eigenvalue weighted by atomic mass is 19.1. The fraction of sp³-hybridized carbons (Fsp3) is 0.455. The number of benzene rings is 1. The van der Waals surface area contributed by atoms with Gasteiger partial charge in [0.05, 0.1) is 0 Å². The van der Waals surface area contributed by atoms with Crippen molar-refractivity contribution in [3.05, 3.63) is 29.6 Å². The van der Waals surface area contributed by atoms with E-state index < -0.39 is 5.60 Å². The van der Waals surface area contributed by atoms with Gasteiger partial charge in [0.2, 0.25) is 0 Å². The van der Waals surface area contributed by atoms with E-state index in [-0.39, 0.29) is 19.0 Å². The summed E-state index contributed by atoms with van der Waals surface area (Å²) in [7, 11) is 0. The zero-order valence-corrected chi connectivity index (χ0v) is 8.96. The molecule has 0 aliphatic carbocycles. The van der Waals surface area contributed by atoms with Crippen LogP contribution in [0.25, 0.3) is 0 Å². The quantitative estimate of drug-likeness (QED) is 0.790. The smallest absolute Gasteiger partial charge is 0.123 e. The zero-order valence-electron chi connectivity index (χ0n) is 8.96. The first-order valence-corrected chi connectivity index (χ1v) is 4.76. The van der Waals surface area contributed by atoms with Crippen LogP contribution in [0.15, 0.2) is 18.2 Å². The van der Waals surface area contributed by atoms with Crippen LogP contribution in [0.4, 0.5) is 4.39 Å². The van der Waals surface area contributed by atoms with Crippen LogP contribution in [0.3, 0.4) is 0 Å². The molecule has 3 nitrogen and oxygen atoms in total. The van der Waals surface area contributed by atoms with Gasteiger partial charge in [-0.25, -0.2) is 4.39 Å². The SMILES string of the molecule is Cc1cc(F)ccc1OCC(C)(O)CN. The summed E-state index contributed by atoms with van der Waals surface area (Å²) in [5.41, 5.74) is 4.98. The van der Waals surface area contributed by atoms with Crippen LogP contribution in [0, 0.1) is 12.7 Å². The molecule has 0 bridgehead atoms. The van der Waals surface area contributed by atoms with Crippen molar-refractivity contribution in [3.8, 4) is 5.75 Å². The third-order valence-corrected chi connectivity index (χ3v) is 2.12. The molecule has 1 rings (SSSR count). The molecule has 3 N–H and O–H groups in total. The maximum atomic E-state index is 12.8. The van der Waals surface area contributed by atoms with Crippen molar-refractivity contribution in [1.29, 1.82) is 0 Å². The summed E-state index contributed by atoms with van der Waals surface area (Å²) in [6.45, 7) is 3.55. The fourth-order valence-electron chi connectivity index (χ4n) is 1.07. The van der Waals surface area contributed by atoms with E-state index in [0.717, 1.165) is 0 Å². The molecule has 1 atom stereocenters. The van der Waals surface area contributed by atoms with Crippen molar-refractivity contribution in [2.24, 2.45) is 5.73 Å². The van der Waals surface area contributed by atoms with Crippen LogP contribution in [0.1, 0.15) is 12.5 Å². The molecule has 1 aromatic rings. The number of ether oxygens (including phenoxy) is 1. The Bertz CT molecular complexity index is 339. The second-order valence-corrected chi connectivity index (χ2v) is 3.90. The van der Waals surface area contributed by atoms with Gasteiger partial charge in [0.1, 0.15) is 23.8 Å². The third kappa shape index (κ3) is 3.49. The summed E-state index contributed by atoms with van der Waals surface area (Å²) in [5, 5.41) is 9.61. The van der Waals surface area contributed by atoms with Crippen LogP contribution < -0.4 is 10.5 Å². The maximum Gasteiger partial charge on any atom is 0.123 e. The summed E-state index contributed by atoms with van der Waals surface area (Å²) in [6.07, 6.45) is 0. The lowest BCUT2D eigenvalue weighted by Gasteiger charge is -2.21. The van der Waals surface area contributed by atoms with Crippen molar-refractivity contribution in [1.82, 2.24) is 0 Å². The molecule has 0 aliphatic rings. The summed E-state index contributed by atoms with van der Waals surface area (Å²) in [6, 6.07) is 4.24. The standard InChI is InChI=1S/C11H16FNO2/c1-8-5-9(12)3-4-10(8)15-7-11(2,14)6-13/h3-5,14H,6-7,13H2,1-2H3. The second-order valence-electron chi connectivity index (χ2n) is 3.90. The highest BCUT2D eigenvalue weighted by Crippen LogP contribution is 2.19. The summed E-state index contributed by atoms with van der Waals surface area (Å²) in [5.74, 6) is 0.260. The maximum absolute atomic E-state index is 12.8. The van der Waals surface area contributed by atoms with Gasteiger partial charge in [0.25, 0.3) is 0 Å². The largest absolute Gasteiger partial charge is 0.490 e. The van der Waals surface area contributed by atoms with Crippen molar-refractivity contribution < 1.29 is 14.2 Å². The van der Waals surface area contributed by atoms with Gasteiger partial charge in [0, 0.05) is 6.54 Å². The molecule has 0 aromatic heterocycles. The van der Waals surface area contributed by atoms with Gasteiger partial charge in [-0.3, -0.25) is 0 Å². The van der Waals surface area contributed by atoms with Gasteiger partial charge < -0.3 is 15.6 Å². The zero-order chi connectivity index (χ0) is 11.5. The Kier molecular flexibility index (Phi) is 3.66. The van der Waals surface area contributed by atoms with Crippen molar-refractivity contribution >= 4 is 0 Å². The third-order valence-electron chi connectivity index (χ3n) is 2.12. The van der Waals surface area contributed by atoms with E-state index >= 15 is 0 Å². The predicted molar refractivity (Wildman–Crippen MR) is 56.3 cm³/mol. The number of hydrogen-bond acceptors (Lipinski definition) is 3. The van der Waals surface area contributed by atoms with E-state index in [1.807, 2.05) is 0 Å². The van der Waals surface area contributed by atoms with Crippen LogP contribution >= 0.6 is 0 Å². The van der Waals surface area contributed by atoms with Crippen LogP contribution in [-0.2, 0) is 0 Å².